The van der Waals surface area contributed by atoms with Gasteiger partial charge >= 0.3 is 0 Å². The Kier molecular flexibility index (Phi) is 4.31. The van der Waals surface area contributed by atoms with Crippen LogP contribution in [0.15, 0.2) is 18.2 Å². The maximum atomic E-state index is 13.8. The highest BCUT2D eigenvalue weighted by atomic mass is 19.1. The van der Waals surface area contributed by atoms with Crippen LogP contribution in [0.3, 0.4) is 0 Å². The Morgan fingerprint density at radius 1 is 1.36 bits per heavy atom. The molecule has 22 heavy (non-hydrogen) atoms. The third kappa shape index (κ3) is 2.57. The molecule has 0 N–H and O–H groups in total. The summed E-state index contributed by atoms with van der Waals surface area (Å²) in [6, 6.07) is 4.30. The van der Waals surface area contributed by atoms with E-state index in [-0.39, 0.29) is 29.9 Å². The number of carbonyl (C=O) groups excluding carboxylic acids is 1. The summed E-state index contributed by atoms with van der Waals surface area (Å²) in [5.74, 6) is -0.562. The second-order valence-corrected chi connectivity index (χ2v) is 5.60. The molecule has 0 aliphatic carbocycles. The van der Waals surface area contributed by atoms with E-state index in [0.717, 1.165) is 12.8 Å². The maximum Gasteiger partial charge on any atom is 0.254 e. The van der Waals surface area contributed by atoms with E-state index in [9.17, 15) is 9.18 Å². The van der Waals surface area contributed by atoms with Gasteiger partial charge in [0.2, 0.25) is 0 Å². The summed E-state index contributed by atoms with van der Waals surface area (Å²) >= 11 is 0. The van der Waals surface area contributed by atoms with Crippen molar-refractivity contribution < 1.29 is 23.4 Å². The van der Waals surface area contributed by atoms with Crippen LogP contribution in [0.25, 0.3) is 0 Å². The molecule has 1 aromatic carbocycles. The Bertz CT molecular complexity index is 565. The van der Waals surface area contributed by atoms with Gasteiger partial charge in [0, 0.05) is 25.8 Å². The first kappa shape index (κ1) is 15.2. The van der Waals surface area contributed by atoms with Gasteiger partial charge in [-0.05, 0) is 31.0 Å². The molecular formula is C16H20FNO4. The molecule has 0 bridgehead atoms. The number of rotatable bonds is 3. The predicted molar refractivity (Wildman–Crippen MR) is 77.5 cm³/mol. The van der Waals surface area contributed by atoms with Crippen molar-refractivity contribution in [1.29, 1.82) is 0 Å². The molecule has 2 saturated heterocycles. The Morgan fingerprint density at radius 3 is 2.86 bits per heavy atom. The number of carbonyl (C=O) groups is 1. The van der Waals surface area contributed by atoms with E-state index >= 15 is 0 Å². The number of halogens is 1. The number of amides is 1. The third-order valence-corrected chi connectivity index (χ3v) is 4.49. The monoisotopic (exact) mass is 309 g/mol. The standard InChI is InChI=1S/C16H20FNO4/c1-20-13-4-3-10(9-11(13)17)16(19)18-7-5-14(21-2)15-12(18)6-8-22-15/h3-4,9,12,14-15H,5-8H2,1-2H3/t12-,14-,15-/m1/s1. The highest BCUT2D eigenvalue weighted by molar-refractivity contribution is 5.94. The van der Waals surface area contributed by atoms with Crippen LogP contribution in [0.5, 0.6) is 5.75 Å². The summed E-state index contributed by atoms with van der Waals surface area (Å²) in [5.41, 5.74) is 0.333. The van der Waals surface area contributed by atoms with Crippen molar-refractivity contribution in [2.45, 2.75) is 31.1 Å². The van der Waals surface area contributed by atoms with Gasteiger partial charge in [-0.2, -0.15) is 0 Å². The molecular weight excluding hydrogens is 289 g/mol. The Labute approximate surface area is 128 Å². The second-order valence-electron chi connectivity index (χ2n) is 5.60. The number of hydrogen-bond donors (Lipinski definition) is 0. The van der Waals surface area contributed by atoms with Crippen molar-refractivity contribution in [3.05, 3.63) is 29.6 Å². The van der Waals surface area contributed by atoms with Crippen molar-refractivity contribution in [3.63, 3.8) is 0 Å². The molecule has 0 spiro atoms. The predicted octanol–water partition coefficient (Wildman–Crippen LogP) is 1.85. The first-order valence-electron chi connectivity index (χ1n) is 7.44. The molecule has 1 amide bonds. The fraction of sp³-hybridized carbons (Fsp3) is 0.562. The Morgan fingerprint density at radius 2 is 2.18 bits per heavy atom. The second kappa shape index (κ2) is 6.22. The molecule has 3 rings (SSSR count). The number of piperidine rings is 1. The number of ether oxygens (including phenoxy) is 3. The summed E-state index contributed by atoms with van der Waals surface area (Å²) in [6.45, 7) is 1.21. The topological polar surface area (TPSA) is 48.0 Å². The molecule has 0 unspecified atom stereocenters. The van der Waals surface area contributed by atoms with E-state index in [0.29, 0.717) is 18.7 Å². The van der Waals surface area contributed by atoms with Gasteiger partial charge in [-0.1, -0.05) is 0 Å². The van der Waals surface area contributed by atoms with Crippen molar-refractivity contribution in [2.24, 2.45) is 0 Å². The van der Waals surface area contributed by atoms with Crippen LogP contribution >= 0.6 is 0 Å². The Hall–Kier alpha value is -1.66. The molecule has 120 valence electrons. The van der Waals surface area contributed by atoms with Gasteiger partial charge in [0.15, 0.2) is 11.6 Å². The number of benzene rings is 1. The lowest BCUT2D eigenvalue weighted by molar-refractivity contribution is -0.0754. The van der Waals surface area contributed by atoms with Gasteiger partial charge in [-0.3, -0.25) is 4.79 Å². The molecule has 1 aromatic rings. The molecule has 2 fully saturated rings. The number of methoxy groups -OCH3 is 2. The van der Waals surface area contributed by atoms with Crippen molar-refractivity contribution >= 4 is 5.91 Å². The molecule has 5 nitrogen and oxygen atoms in total. The molecule has 0 radical (unpaired) electrons. The fourth-order valence-corrected chi connectivity index (χ4v) is 3.35. The Balaban J connectivity index is 1.81. The van der Waals surface area contributed by atoms with Crippen molar-refractivity contribution in [1.82, 2.24) is 4.90 Å². The van der Waals surface area contributed by atoms with Crippen LogP contribution in [0.1, 0.15) is 23.2 Å². The molecule has 2 aliphatic heterocycles. The number of fused-ring (bicyclic) bond motifs is 1. The van der Waals surface area contributed by atoms with Crippen LogP contribution in [0.2, 0.25) is 0 Å². The average molecular weight is 309 g/mol. The molecule has 0 aromatic heterocycles. The van der Waals surface area contributed by atoms with Gasteiger partial charge in [0.05, 0.1) is 19.3 Å². The SMILES string of the molecule is COc1ccc(C(=O)N2CC[C@@H](OC)[C@@H]3OCC[C@H]32)cc1F. The molecule has 2 heterocycles. The normalized spacial score (nSPS) is 27.6. The van der Waals surface area contributed by atoms with E-state index in [1.165, 1.54) is 19.2 Å². The van der Waals surface area contributed by atoms with E-state index in [2.05, 4.69) is 0 Å². The van der Waals surface area contributed by atoms with Gasteiger partial charge in [0.25, 0.3) is 5.91 Å². The van der Waals surface area contributed by atoms with Crippen LogP contribution in [-0.4, -0.2) is 56.4 Å². The number of hydrogen-bond acceptors (Lipinski definition) is 4. The lowest BCUT2D eigenvalue weighted by atomic mass is 9.94. The zero-order valence-corrected chi connectivity index (χ0v) is 12.8. The minimum atomic E-state index is -0.528. The van der Waals surface area contributed by atoms with Crippen LogP contribution < -0.4 is 4.74 Å². The maximum absolute atomic E-state index is 13.8. The van der Waals surface area contributed by atoms with Crippen molar-refractivity contribution in [2.75, 3.05) is 27.4 Å². The summed E-state index contributed by atoms with van der Waals surface area (Å²) in [4.78, 5) is 14.5. The quantitative estimate of drug-likeness (QED) is 0.855. The lowest BCUT2D eigenvalue weighted by Crippen LogP contribution is -2.55. The summed E-state index contributed by atoms with van der Waals surface area (Å²) < 4.78 is 29.9. The highest BCUT2D eigenvalue weighted by Gasteiger charge is 2.44. The first-order chi connectivity index (χ1) is 10.7. The molecule has 0 saturated carbocycles. The van der Waals surface area contributed by atoms with E-state index in [1.807, 2.05) is 0 Å². The van der Waals surface area contributed by atoms with Crippen LogP contribution in [0, 0.1) is 5.82 Å². The van der Waals surface area contributed by atoms with Crippen molar-refractivity contribution in [3.8, 4) is 5.75 Å². The number of likely N-dealkylation sites (tertiary alicyclic amines) is 1. The summed E-state index contributed by atoms with van der Waals surface area (Å²) in [6.07, 6.45) is 1.44. The molecule has 3 atom stereocenters. The van der Waals surface area contributed by atoms with E-state index < -0.39 is 5.82 Å². The average Bonchev–Trinajstić information content (AvgIpc) is 3.02. The fourth-order valence-electron chi connectivity index (χ4n) is 3.35. The molecule has 6 heteroatoms. The van der Waals surface area contributed by atoms with Crippen LogP contribution in [0.4, 0.5) is 4.39 Å². The minimum absolute atomic E-state index is 0.00337. The minimum Gasteiger partial charge on any atom is -0.494 e. The highest BCUT2D eigenvalue weighted by Crippen LogP contribution is 2.31. The van der Waals surface area contributed by atoms with Gasteiger partial charge in [-0.15, -0.1) is 0 Å². The third-order valence-electron chi connectivity index (χ3n) is 4.49. The largest absolute Gasteiger partial charge is 0.494 e. The number of nitrogens with zero attached hydrogens (tertiary/aromatic N) is 1. The molecule has 2 aliphatic rings. The van der Waals surface area contributed by atoms with Gasteiger partial charge < -0.3 is 19.1 Å². The zero-order chi connectivity index (χ0) is 15.7. The van der Waals surface area contributed by atoms with Gasteiger partial charge in [-0.25, -0.2) is 4.39 Å². The van der Waals surface area contributed by atoms with Gasteiger partial charge in [0.1, 0.15) is 6.10 Å². The summed E-state index contributed by atoms with van der Waals surface area (Å²) in [5, 5.41) is 0. The van der Waals surface area contributed by atoms with E-state index in [4.69, 9.17) is 14.2 Å². The first-order valence-corrected chi connectivity index (χ1v) is 7.44. The van der Waals surface area contributed by atoms with E-state index in [1.54, 1.807) is 18.1 Å². The zero-order valence-electron chi connectivity index (χ0n) is 12.8. The smallest absolute Gasteiger partial charge is 0.254 e. The summed E-state index contributed by atoms with van der Waals surface area (Å²) in [7, 11) is 3.07. The lowest BCUT2D eigenvalue weighted by Gasteiger charge is -2.40. The van der Waals surface area contributed by atoms with Crippen LogP contribution in [-0.2, 0) is 9.47 Å².